The zero-order valence-corrected chi connectivity index (χ0v) is 16.8. The highest BCUT2D eigenvalue weighted by Crippen LogP contribution is 2.25. The minimum Gasteiger partial charge on any atom is -0.396 e. The number of nitrogens with zero attached hydrogens (tertiary/aromatic N) is 2. The number of amides is 1. The largest absolute Gasteiger partial charge is 0.396 e. The van der Waals surface area contributed by atoms with E-state index in [-0.39, 0.29) is 29.9 Å². The molecule has 1 aliphatic rings. The average molecular weight is 403 g/mol. The predicted molar refractivity (Wildman–Crippen MR) is 109 cm³/mol. The van der Waals surface area contributed by atoms with Gasteiger partial charge in [0.2, 0.25) is 0 Å². The lowest BCUT2D eigenvalue weighted by Gasteiger charge is -2.32. The van der Waals surface area contributed by atoms with E-state index in [0.29, 0.717) is 24.3 Å². The fraction of sp³-hybridized carbons (Fsp3) is 0.381. The van der Waals surface area contributed by atoms with Gasteiger partial charge in [-0.3, -0.25) is 9.10 Å². The van der Waals surface area contributed by atoms with Gasteiger partial charge in [0.05, 0.1) is 10.6 Å². The number of likely N-dealkylation sites (tertiary alicyclic amines) is 1. The Kier molecular flexibility index (Phi) is 6.36. The first-order valence-corrected chi connectivity index (χ1v) is 11.0. The molecule has 2 aromatic carbocycles. The monoisotopic (exact) mass is 402 g/mol. The summed E-state index contributed by atoms with van der Waals surface area (Å²) in [5.41, 5.74) is 0.937. The molecule has 1 fully saturated rings. The summed E-state index contributed by atoms with van der Waals surface area (Å²) in [7, 11) is -3.78. The Balaban J connectivity index is 1.88. The van der Waals surface area contributed by atoms with Gasteiger partial charge in [-0.15, -0.1) is 0 Å². The number of piperidine rings is 1. The van der Waals surface area contributed by atoms with Crippen LogP contribution in [0, 0.1) is 5.92 Å². The zero-order valence-electron chi connectivity index (χ0n) is 16.0. The lowest BCUT2D eigenvalue weighted by atomic mass is 9.98. The standard InChI is InChI=1S/C21H26N2O4S/c1-2-23(19-10-4-3-5-11-19)28(26,27)20-12-6-9-18(14-20)21(25)22-13-7-8-17(15-22)16-24/h3-6,9-12,14,17,24H,2,7-8,13,15-16H2,1H3. The molecule has 0 aromatic heterocycles. The third-order valence-electron chi connectivity index (χ3n) is 5.06. The molecule has 6 nitrogen and oxygen atoms in total. The Hall–Kier alpha value is -2.38. The van der Waals surface area contributed by atoms with Crippen LogP contribution in [-0.2, 0) is 10.0 Å². The van der Waals surface area contributed by atoms with Crippen LogP contribution in [0.15, 0.2) is 59.5 Å². The predicted octanol–water partition coefficient (Wildman–Crippen LogP) is 2.75. The molecular weight excluding hydrogens is 376 g/mol. The summed E-state index contributed by atoms with van der Waals surface area (Å²) in [6.45, 7) is 3.24. The first kappa shape index (κ1) is 20.4. The second-order valence-corrected chi connectivity index (χ2v) is 8.84. The van der Waals surface area contributed by atoms with Crippen molar-refractivity contribution in [3.8, 4) is 0 Å². The summed E-state index contributed by atoms with van der Waals surface area (Å²) in [5.74, 6) is -0.115. The van der Waals surface area contributed by atoms with Gasteiger partial charge in [0.1, 0.15) is 0 Å². The maximum Gasteiger partial charge on any atom is 0.264 e. The lowest BCUT2D eigenvalue weighted by Crippen LogP contribution is -2.41. The molecule has 1 amide bonds. The minimum atomic E-state index is -3.78. The molecule has 0 bridgehead atoms. The molecule has 1 N–H and O–H groups in total. The van der Waals surface area contributed by atoms with Crippen LogP contribution < -0.4 is 4.31 Å². The van der Waals surface area contributed by atoms with Gasteiger partial charge in [0.15, 0.2) is 0 Å². The Morgan fingerprint density at radius 1 is 1.18 bits per heavy atom. The number of hydrogen-bond donors (Lipinski definition) is 1. The van der Waals surface area contributed by atoms with Crippen molar-refractivity contribution in [3.05, 3.63) is 60.2 Å². The number of benzene rings is 2. The van der Waals surface area contributed by atoms with Crippen molar-refractivity contribution in [1.29, 1.82) is 0 Å². The number of carbonyl (C=O) groups excluding carboxylic acids is 1. The second-order valence-electron chi connectivity index (χ2n) is 6.98. The number of anilines is 1. The van der Waals surface area contributed by atoms with E-state index in [1.165, 1.54) is 16.4 Å². The highest BCUT2D eigenvalue weighted by Gasteiger charge is 2.27. The smallest absolute Gasteiger partial charge is 0.264 e. The number of aliphatic hydroxyl groups is 1. The van der Waals surface area contributed by atoms with E-state index in [4.69, 9.17) is 0 Å². The molecule has 0 radical (unpaired) electrons. The van der Waals surface area contributed by atoms with Gasteiger partial charge in [0.25, 0.3) is 15.9 Å². The fourth-order valence-electron chi connectivity index (χ4n) is 3.58. The molecule has 1 heterocycles. The van der Waals surface area contributed by atoms with Crippen molar-refractivity contribution in [1.82, 2.24) is 4.90 Å². The van der Waals surface area contributed by atoms with E-state index in [0.717, 1.165) is 12.8 Å². The van der Waals surface area contributed by atoms with Crippen molar-refractivity contribution >= 4 is 21.6 Å². The van der Waals surface area contributed by atoms with Crippen molar-refractivity contribution in [2.45, 2.75) is 24.7 Å². The van der Waals surface area contributed by atoms with Crippen LogP contribution in [0.3, 0.4) is 0 Å². The molecule has 0 saturated carbocycles. The van der Waals surface area contributed by atoms with Crippen molar-refractivity contribution in [2.24, 2.45) is 5.92 Å². The third kappa shape index (κ3) is 4.20. The topological polar surface area (TPSA) is 77.9 Å². The summed E-state index contributed by atoms with van der Waals surface area (Å²) in [4.78, 5) is 14.7. The number of para-hydroxylation sites is 1. The Morgan fingerprint density at radius 3 is 2.61 bits per heavy atom. The average Bonchev–Trinajstić information content (AvgIpc) is 2.74. The molecule has 2 aromatic rings. The number of rotatable bonds is 6. The van der Waals surface area contributed by atoms with E-state index < -0.39 is 10.0 Å². The Bertz CT molecular complexity index is 915. The first-order valence-electron chi connectivity index (χ1n) is 9.55. The summed E-state index contributed by atoms with van der Waals surface area (Å²) in [6.07, 6.45) is 1.74. The van der Waals surface area contributed by atoms with E-state index in [1.54, 1.807) is 48.2 Å². The normalized spacial score (nSPS) is 17.4. The van der Waals surface area contributed by atoms with E-state index in [9.17, 15) is 18.3 Å². The Labute approximate surface area is 166 Å². The third-order valence-corrected chi connectivity index (χ3v) is 6.96. The summed E-state index contributed by atoms with van der Waals surface area (Å²) in [5, 5.41) is 9.39. The van der Waals surface area contributed by atoms with E-state index >= 15 is 0 Å². The van der Waals surface area contributed by atoms with Crippen molar-refractivity contribution in [3.63, 3.8) is 0 Å². The SMILES string of the molecule is CCN(c1ccccc1)S(=O)(=O)c1cccc(C(=O)N2CCCC(CO)C2)c1. The van der Waals surface area contributed by atoms with Crippen molar-refractivity contribution in [2.75, 3.05) is 30.5 Å². The second kappa shape index (κ2) is 8.75. The van der Waals surface area contributed by atoms with E-state index in [2.05, 4.69) is 0 Å². The quantitative estimate of drug-likeness (QED) is 0.806. The number of hydrogen-bond acceptors (Lipinski definition) is 4. The molecular formula is C21H26N2O4S. The van der Waals surface area contributed by atoms with Gasteiger partial charge in [-0.05, 0) is 56.0 Å². The van der Waals surface area contributed by atoms with Gasteiger partial charge in [-0.25, -0.2) is 8.42 Å². The number of aliphatic hydroxyl groups excluding tert-OH is 1. The highest BCUT2D eigenvalue weighted by atomic mass is 32.2. The van der Waals surface area contributed by atoms with Crippen LogP contribution in [0.1, 0.15) is 30.1 Å². The minimum absolute atomic E-state index is 0.0563. The number of sulfonamides is 1. The molecule has 1 atom stereocenters. The van der Waals surface area contributed by atoms with Gasteiger partial charge in [-0.2, -0.15) is 0 Å². The molecule has 0 aliphatic carbocycles. The number of carbonyl (C=O) groups is 1. The van der Waals surface area contributed by atoms with Crippen LogP contribution >= 0.6 is 0 Å². The molecule has 150 valence electrons. The maximum atomic E-state index is 13.2. The van der Waals surface area contributed by atoms with Crippen molar-refractivity contribution < 1.29 is 18.3 Å². The molecule has 1 aliphatic heterocycles. The molecule has 1 saturated heterocycles. The van der Waals surface area contributed by atoms with Crippen LogP contribution in [0.5, 0.6) is 0 Å². The van der Waals surface area contributed by atoms with Crippen LogP contribution in [0.4, 0.5) is 5.69 Å². The molecule has 1 unspecified atom stereocenters. The molecule has 7 heteroatoms. The zero-order chi connectivity index (χ0) is 20.1. The fourth-order valence-corrected chi connectivity index (χ4v) is 5.10. The molecule has 0 spiro atoms. The van der Waals surface area contributed by atoms with Crippen LogP contribution in [0.25, 0.3) is 0 Å². The van der Waals surface area contributed by atoms with Gasteiger partial charge in [0, 0.05) is 31.8 Å². The van der Waals surface area contributed by atoms with Gasteiger partial charge in [-0.1, -0.05) is 24.3 Å². The van der Waals surface area contributed by atoms with E-state index in [1.807, 2.05) is 6.07 Å². The summed E-state index contributed by atoms with van der Waals surface area (Å²) >= 11 is 0. The summed E-state index contributed by atoms with van der Waals surface area (Å²) in [6, 6.07) is 15.1. The Morgan fingerprint density at radius 2 is 1.93 bits per heavy atom. The highest BCUT2D eigenvalue weighted by molar-refractivity contribution is 7.92. The van der Waals surface area contributed by atoms with Crippen LogP contribution in [0.2, 0.25) is 0 Å². The van der Waals surface area contributed by atoms with Gasteiger partial charge >= 0.3 is 0 Å². The van der Waals surface area contributed by atoms with Gasteiger partial charge < -0.3 is 10.0 Å². The molecule has 3 rings (SSSR count). The first-order chi connectivity index (χ1) is 13.5. The maximum absolute atomic E-state index is 13.2. The molecule has 28 heavy (non-hydrogen) atoms. The summed E-state index contributed by atoms with van der Waals surface area (Å²) < 4.78 is 27.7. The lowest BCUT2D eigenvalue weighted by molar-refractivity contribution is 0.0620. The van der Waals surface area contributed by atoms with Crippen LogP contribution in [-0.4, -0.2) is 50.6 Å².